The van der Waals surface area contributed by atoms with Crippen LogP contribution in [0.2, 0.25) is 0 Å². The van der Waals surface area contributed by atoms with E-state index in [4.69, 9.17) is 0 Å². The van der Waals surface area contributed by atoms with Crippen molar-refractivity contribution in [3.8, 4) is 0 Å². The Morgan fingerprint density at radius 2 is 1.84 bits per heavy atom. The van der Waals surface area contributed by atoms with E-state index in [0.29, 0.717) is 24.2 Å². The van der Waals surface area contributed by atoms with E-state index in [0.717, 1.165) is 76.1 Å². The van der Waals surface area contributed by atoms with Crippen molar-refractivity contribution < 1.29 is 19.8 Å². The monoisotopic (exact) mass is 507 g/mol. The number of nitrogens with zero attached hydrogens (tertiary/aromatic N) is 3. The van der Waals surface area contributed by atoms with Gasteiger partial charge in [0, 0.05) is 43.7 Å². The van der Waals surface area contributed by atoms with Crippen LogP contribution in [0.15, 0.2) is 36.0 Å². The Bertz CT molecular complexity index is 1100. The van der Waals surface area contributed by atoms with Crippen molar-refractivity contribution in [1.82, 2.24) is 9.88 Å². The van der Waals surface area contributed by atoms with Crippen molar-refractivity contribution in [2.45, 2.75) is 64.6 Å². The number of anilines is 1. The average molecular weight is 508 g/mol. The van der Waals surface area contributed by atoms with Gasteiger partial charge in [-0.15, -0.1) is 0 Å². The van der Waals surface area contributed by atoms with Gasteiger partial charge >= 0.3 is 0 Å². The zero-order chi connectivity index (χ0) is 26.0. The van der Waals surface area contributed by atoms with Gasteiger partial charge in [0.15, 0.2) is 11.6 Å². The van der Waals surface area contributed by atoms with E-state index >= 15 is 0 Å². The fourth-order valence-electron chi connectivity index (χ4n) is 9.21. The molecule has 5 aliphatic rings. The lowest BCUT2D eigenvalue weighted by Crippen LogP contribution is -2.61. The normalized spacial score (nSPS) is 39.4. The molecule has 1 aromatic rings. The number of carbonyl (C=O) groups excluding carboxylic acids is 2. The number of aliphatic hydroxyl groups is 2. The number of hydrogen-bond acceptors (Lipinski definition) is 7. The van der Waals surface area contributed by atoms with Crippen LogP contribution < -0.4 is 4.90 Å². The summed E-state index contributed by atoms with van der Waals surface area (Å²) in [6, 6.07) is 6.00. The molecule has 200 valence electrons. The van der Waals surface area contributed by atoms with Crippen molar-refractivity contribution in [3.05, 3.63) is 36.0 Å². The summed E-state index contributed by atoms with van der Waals surface area (Å²) in [5, 5.41) is 22.2. The molecule has 0 amide bonds. The summed E-state index contributed by atoms with van der Waals surface area (Å²) < 4.78 is 0. The summed E-state index contributed by atoms with van der Waals surface area (Å²) in [5.41, 5.74) is 0.124. The fraction of sp³-hybridized carbons (Fsp3) is 0.700. The van der Waals surface area contributed by atoms with Gasteiger partial charge in [-0.1, -0.05) is 25.5 Å². The number of Topliss-reactive ketones (excluding diaryl/α,β-unsaturated/α-hetero) is 1. The van der Waals surface area contributed by atoms with Crippen LogP contribution in [0.25, 0.3) is 0 Å². The van der Waals surface area contributed by atoms with Gasteiger partial charge in [0.1, 0.15) is 11.6 Å². The smallest absolute Gasteiger partial charge is 0.179 e. The number of piperazine rings is 1. The molecule has 1 saturated heterocycles. The molecule has 7 nitrogen and oxygen atoms in total. The molecule has 2 N–H and O–H groups in total. The highest BCUT2D eigenvalue weighted by Crippen LogP contribution is 2.67. The maximum atomic E-state index is 13.7. The van der Waals surface area contributed by atoms with Gasteiger partial charge in [0.05, 0.1) is 13.0 Å². The summed E-state index contributed by atoms with van der Waals surface area (Å²) >= 11 is 0. The second-order valence-corrected chi connectivity index (χ2v) is 12.8. The van der Waals surface area contributed by atoms with Gasteiger partial charge in [0.2, 0.25) is 0 Å². The van der Waals surface area contributed by atoms with Gasteiger partial charge in [-0.05, 0) is 79.9 Å². The Hall–Kier alpha value is -2.09. The summed E-state index contributed by atoms with van der Waals surface area (Å²) in [5.74, 6) is 0.243. The summed E-state index contributed by atoms with van der Waals surface area (Å²) in [6.45, 7) is 8.38. The Morgan fingerprint density at radius 1 is 1.05 bits per heavy atom. The molecule has 0 unspecified atom stereocenters. The minimum atomic E-state index is -1.99. The molecule has 6 rings (SSSR count). The first-order valence-electron chi connectivity index (χ1n) is 14.2. The maximum absolute atomic E-state index is 13.7. The number of aromatic nitrogens is 1. The molecule has 3 saturated carbocycles. The number of rotatable bonds is 4. The van der Waals surface area contributed by atoms with Gasteiger partial charge in [-0.3, -0.25) is 14.5 Å². The third kappa shape index (κ3) is 3.92. The first kappa shape index (κ1) is 25.2. The third-order valence-corrected chi connectivity index (χ3v) is 11.3. The van der Waals surface area contributed by atoms with E-state index < -0.39 is 11.2 Å². The molecule has 0 spiro atoms. The second kappa shape index (κ2) is 8.99. The van der Waals surface area contributed by atoms with E-state index in [1.54, 1.807) is 6.08 Å². The first-order chi connectivity index (χ1) is 17.6. The average Bonchev–Trinajstić information content (AvgIpc) is 3.23. The molecule has 1 aromatic heterocycles. The molecule has 37 heavy (non-hydrogen) atoms. The molecule has 2 heterocycles. The number of pyridine rings is 1. The zero-order valence-electron chi connectivity index (χ0n) is 22.2. The van der Waals surface area contributed by atoms with Gasteiger partial charge < -0.3 is 15.1 Å². The molecular formula is C30H41N3O4. The van der Waals surface area contributed by atoms with E-state index in [1.807, 2.05) is 31.3 Å². The van der Waals surface area contributed by atoms with Crippen LogP contribution in [0.4, 0.5) is 5.82 Å². The van der Waals surface area contributed by atoms with Crippen molar-refractivity contribution in [2.75, 3.05) is 37.6 Å². The van der Waals surface area contributed by atoms with Crippen molar-refractivity contribution in [2.24, 2.45) is 34.5 Å². The predicted octanol–water partition coefficient (Wildman–Crippen LogP) is 3.21. The molecular weight excluding hydrogens is 466 g/mol. The van der Waals surface area contributed by atoms with E-state index in [-0.39, 0.29) is 29.5 Å². The molecule has 4 aliphatic carbocycles. The molecule has 4 fully saturated rings. The van der Waals surface area contributed by atoms with Crippen LogP contribution in [0.3, 0.4) is 0 Å². The summed E-state index contributed by atoms with van der Waals surface area (Å²) in [6.07, 6.45) is 8.85. The number of carbonyl (C=O) groups is 2. The lowest BCUT2D eigenvalue weighted by atomic mass is 9.45. The first-order valence-corrected chi connectivity index (χ1v) is 14.2. The maximum Gasteiger partial charge on any atom is 0.179 e. The molecule has 6 atom stereocenters. The lowest BCUT2D eigenvalue weighted by Gasteiger charge is -2.60. The van der Waals surface area contributed by atoms with Crippen LogP contribution in [0.5, 0.6) is 0 Å². The molecule has 7 heteroatoms. The summed E-state index contributed by atoms with van der Waals surface area (Å²) in [4.78, 5) is 35.0. The number of hydrogen-bond donors (Lipinski definition) is 2. The number of fused-ring (bicyclic) bond motifs is 5. The fourth-order valence-corrected chi connectivity index (χ4v) is 9.21. The second-order valence-electron chi connectivity index (χ2n) is 12.8. The van der Waals surface area contributed by atoms with Crippen molar-refractivity contribution in [3.63, 3.8) is 0 Å². The Labute approximate surface area is 219 Å². The molecule has 1 aliphatic heterocycles. The zero-order valence-corrected chi connectivity index (χ0v) is 22.2. The highest BCUT2D eigenvalue weighted by molar-refractivity contribution is 5.92. The molecule has 0 bridgehead atoms. The van der Waals surface area contributed by atoms with Gasteiger partial charge in [-0.25, -0.2) is 4.98 Å². The minimum absolute atomic E-state index is 0.0241. The van der Waals surface area contributed by atoms with Crippen molar-refractivity contribution in [1.29, 1.82) is 0 Å². The van der Waals surface area contributed by atoms with Crippen LogP contribution in [0.1, 0.15) is 58.8 Å². The Morgan fingerprint density at radius 3 is 2.57 bits per heavy atom. The quantitative estimate of drug-likeness (QED) is 0.605. The Kier molecular flexibility index (Phi) is 6.12. The highest BCUT2D eigenvalue weighted by Gasteiger charge is 2.65. The molecule has 0 radical (unpaired) electrons. The standard InChI is InChI=1S/C30H41N3O4/c1-28-11-10-24-22(7-6-20-17-21(34)18-30(36,37)29(20,24)2)23(28)8-9-25(28)26(35)19-32-13-15-33(16-14-32)27-5-3-4-12-31-27/h3-5,12,17,22-25,36-37H,6-11,13-16,18-19H2,1-2H3/t22-,23-,24-,25-,28-,29-/m0/s1. The van der Waals surface area contributed by atoms with Gasteiger partial charge in [0.25, 0.3) is 0 Å². The predicted molar refractivity (Wildman–Crippen MR) is 141 cm³/mol. The van der Waals surface area contributed by atoms with Crippen LogP contribution >= 0.6 is 0 Å². The van der Waals surface area contributed by atoms with Crippen molar-refractivity contribution >= 4 is 17.4 Å². The van der Waals surface area contributed by atoms with E-state index in [9.17, 15) is 19.8 Å². The Balaban J connectivity index is 1.13. The van der Waals surface area contributed by atoms with Crippen LogP contribution in [-0.2, 0) is 9.59 Å². The lowest BCUT2D eigenvalue weighted by molar-refractivity contribution is -0.263. The van der Waals surface area contributed by atoms with Gasteiger partial charge in [-0.2, -0.15) is 0 Å². The van der Waals surface area contributed by atoms with E-state index in [1.165, 1.54) is 0 Å². The minimum Gasteiger partial charge on any atom is -0.365 e. The van der Waals surface area contributed by atoms with E-state index in [2.05, 4.69) is 21.7 Å². The third-order valence-electron chi connectivity index (χ3n) is 11.3. The SMILES string of the molecule is C[C@]12CC[C@H]3[C@@H](CCC4=CC(=O)CC(O)(O)[C@@]43C)[C@@H]1CC[C@H]2C(=O)CN1CCN(c2ccccn2)CC1. The van der Waals surface area contributed by atoms with Crippen LogP contribution in [-0.4, -0.2) is 70.2 Å². The summed E-state index contributed by atoms with van der Waals surface area (Å²) in [7, 11) is 0. The topological polar surface area (TPSA) is 94.0 Å². The highest BCUT2D eigenvalue weighted by atomic mass is 16.5. The molecule has 0 aromatic carbocycles. The largest absolute Gasteiger partial charge is 0.365 e. The van der Waals surface area contributed by atoms with Crippen LogP contribution in [0, 0.1) is 34.5 Å². The number of ketones is 2.